The summed E-state index contributed by atoms with van der Waals surface area (Å²) in [4.78, 5) is 17.1. The number of rotatable bonds is 6. The molecule has 1 aromatic carbocycles. The van der Waals surface area contributed by atoms with Crippen LogP contribution in [0.15, 0.2) is 36.5 Å². The Morgan fingerprint density at radius 2 is 2.15 bits per heavy atom. The van der Waals surface area contributed by atoms with E-state index in [0.717, 1.165) is 11.3 Å². The van der Waals surface area contributed by atoms with E-state index in [9.17, 15) is 4.79 Å². The largest absolute Gasteiger partial charge is 0.328 e. The number of hydrogen-bond donors (Lipinski definition) is 2. The van der Waals surface area contributed by atoms with Crippen LogP contribution in [0.5, 0.6) is 0 Å². The zero-order valence-electron chi connectivity index (χ0n) is 11.5. The minimum Gasteiger partial charge on any atom is -0.328 e. The van der Waals surface area contributed by atoms with Crippen LogP contribution in [0.3, 0.4) is 0 Å². The van der Waals surface area contributed by atoms with Gasteiger partial charge in [-0.1, -0.05) is 30.3 Å². The average Bonchev–Trinajstić information content (AvgIpc) is 2.85. The van der Waals surface area contributed by atoms with Gasteiger partial charge in [-0.05, 0) is 18.9 Å². The highest BCUT2D eigenvalue weighted by Crippen LogP contribution is 2.21. The second kappa shape index (κ2) is 7.17. The maximum Gasteiger partial charge on any atom is 0.226 e. The Kier molecular flexibility index (Phi) is 5.26. The van der Waals surface area contributed by atoms with Gasteiger partial charge in [0.05, 0.1) is 0 Å². The van der Waals surface area contributed by atoms with Gasteiger partial charge in [-0.15, -0.1) is 11.3 Å². The van der Waals surface area contributed by atoms with Gasteiger partial charge in [-0.25, -0.2) is 4.98 Å². The van der Waals surface area contributed by atoms with Gasteiger partial charge in [0.1, 0.15) is 0 Å². The fourth-order valence-corrected chi connectivity index (χ4v) is 2.65. The number of nitrogens with two attached hydrogens (primary N) is 1. The SMILES string of the molecule is CC(N)CCC(=O)Nc1ncc(Cc2ccccc2)s1. The number of amides is 1. The van der Waals surface area contributed by atoms with E-state index < -0.39 is 0 Å². The predicted octanol–water partition coefficient (Wildman–Crippen LogP) is 2.80. The summed E-state index contributed by atoms with van der Waals surface area (Å²) in [7, 11) is 0. The van der Waals surface area contributed by atoms with Crippen LogP contribution >= 0.6 is 11.3 Å². The molecule has 0 bridgehead atoms. The molecule has 0 fully saturated rings. The summed E-state index contributed by atoms with van der Waals surface area (Å²) in [5, 5.41) is 3.47. The molecule has 1 unspecified atom stereocenters. The lowest BCUT2D eigenvalue weighted by atomic mass is 10.1. The highest BCUT2D eigenvalue weighted by Gasteiger charge is 2.08. The number of nitrogens with zero attached hydrogens (tertiary/aromatic N) is 1. The molecule has 1 heterocycles. The molecular weight excluding hydrogens is 270 g/mol. The third kappa shape index (κ3) is 4.75. The normalized spacial score (nSPS) is 12.1. The van der Waals surface area contributed by atoms with Crippen LogP contribution in [-0.4, -0.2) is 16.9 Å². The molecule has 1 aromatic heterocycles. The van der Waals surface area contributed by atoms with Gasteiger partial charge in [0, 0.05) is 30.0 Å². The zero-order valence-corrected chi connectivity index (χ0v) is 12.3. The number of carbonyl (C=O) groups is 1. The second-order valence-corrected chi connectivity index (χ2v) is 5.97. The first-order valence-corrected chi connectivity index (χ1v) is 7.49. The number of aromatic nitrogens is 1. The molecule has 0 saturated heterocycles. The Hall–Kier alpha value is -1.72. The fraction of sp³-hybridized carbons (Fsp3) is 0.333. The van der Waals surface area contributed by atoms with Crippen molar-refractivity contribution in [3.8, 4) is 0 Å². The number of anilines is 1. The van der Waals surface area contributed by atoms with E-state index in [1.807, 2.05) is 31.3 Å². The van der Waals surface area contributed by atoms with Gasteiger partial charge in [0.2, 0.25) is 5.91 Å². The van der Waals surface area contributed by atoms with Gasteiger partial charge < -0.3 is 11.1 Å². The van der Waals surface area contributed by atoms with E-state index in [1.54, 1.807) is 0 Å². The quantitative estimate of drug-likeness (QED) is 0.859. The van der Waals surface area contributed by atoms with E-state index in [1.165, 1.54) is 16.9 Å². The van der Waals surface area contributed by atoms with Crippen LogP contribution in [0.25, 0.3) is 0 Å². The molecule has 2 rings (SSSR count). The van der Waals surface area contributed by atoms with Gasteiger partial charge in [-0.3, -0.25) is 4.79 Å². The smallest absolute Gasteiger partial charge is 0.226 e. The van der Waals surface area contributed by atoms with Crippen molar-refractivity contribution in [2.24, 2.45) is 5.73 Å². The van der Waals surface area contributed by atoms with Crippen molar-refractivity contribution in [3.63, 3.8) is 0 Å². The molecule has 1 atom stereocenters. The van der Waals surface area contributed by atoms with Crippen molar-refractivity contribution in [1.29, 1.82) is 0 Å². The van der Waals surface area contributed by atoms with Crippen molar-refractivity contribution >= 4 is 22.4 Å². The maximum atomic E-state index is 11.7. The van der Waals surface area contributed by atoms with Crippen molar-refractivity contribution < 1.29 is 4.79 Å². The van der Waals surface area contributed by atoms with Gasteiger partial charge in [-0.2, -0.15) is 0 Å². The van der Waals surface area contributed by atoms with Crippen LogP contribution in [0, 0.1) is 0 Å². The summed E-state index contributed by atoms with van der Waals surface area (Å²) in [5.41, 5.74) is 6.87. The Balaban J connectivity index is 1.87. The van der Waals surface area contributed by atoms with E-state index >= 15 is 0 Å². The minimum atomic E-state index is -0.0251. The van der Waals surface area contributed by atoms with Crippen molar-refractivity contribution in [2.75, 3.05) is 5.32 Å². The number of carbonyl (C=O) groups excluding carboxylic acids is 1. The van der Waals surface area contributed by atoms with Crippen LogP contribution in [0.2, 0.25) is 0 Å². The van der Waals surface area contributed by atoms with Crippen LogP contribution in [-0.2, 0) is 11.2 Å². The fourth-order valence-electron chi connectivity index (χ4n) is 1.78. The molecule has 0 spiro atoms. The highest BCUT2D eigenvalue weighted by molar-refractivity contribution is 7.15. The number of hydrogen-bond acceptors (Lipinski definition) is 4. The first-order chi connectivity index (χ1) is 9.63. The highest BCUT2D eigenvalue weighted by atomic mass is 32.1. The standard InChI is InChI=1S/C15H19N3OS/c1-11(16)7-8-14(19)18-15-17-10-13(20-15)9-12-5-3-2-4-6-12/h2-6,10-11H,7-9,16H2,1H3,(H,17,18,19). The predicted molar refractivity (Wildman–Crippen MR) is 82.9 cm³/mol. The van der Waals surface area contributed by atoms with Crippen LogP contribution in [0.1, 0.15) is 30.2 Å². The van der Waals surface area contributed by atoms with Gasteiger partial charge in [0.15, 0.2) is 5.13 Å². The van der Waals surface area contributed by atoms with Crippen LogP contribution < -0.4 is 11.1 Å². The molecule has 0 saturated carbocycles. The Labute approximate surface area is 123 Å². The topological polar surface area (TPSA) is 68.0 Å². The third-order valence-corrected chi connectivity index (χ3v) is 3.76. The molecule has 20 heavy (non-hydrogen) atoms. The van der Waals surface area contributed by atoms with Crippen LogP contribution in [0.4, 0.5) is 5.13 Å². The summed E-state index contributed by atoms with van der Waals surface area (Å²) < 4.78 is 0. The molecule has 2 aromatic rings. The van der Waals surface area contributed by atoms with Gasteiger partial charge in [0.25, 0.3) is 0 Å². The number of benzene rings is 1. The summed E-state index contributed by atoms with van der Waals surface area (Å²) in [5.74, 6) is -0.0251. The molecule has 3 N–H and O–H groups in total. The molecule has 5 heteroatoms. The average molecular weight is 289 g/mol. The first kappa shape index (κ1) is 14.7. The maximum absolute atomic E-state index is 11.7. The summed E-state index contributed by atoms with van der Waals surface area (Å²) in [6.07, 6.45) is 3.78. The number of thiazole rings is 1. The summed E-state index contributed by atoms with van der Waals surface area (Å²) >= 11 is 1.52. The third-order valence-electron chi connectivity index (χ3n) is 2.85. The molecule has 0 radical (unpaired) electrons. The van der Waals surface area contributed by atoms with E-state index in [-0.39, 0.29) is 11.9 Å². The lowest BCUT2D eigenvalue weighted by molar-refractivity contribution is -0.116. The lowest BCUT2D eigenvalue weighted by Crippen LogP contribution is -2.19. The van der Waals surface area contributed by atoms with Crippen molar-refractivity contribution in [1.82, 2.24) is 4.98 Å². The summed E-state index contributed by atoms with van der Waals surface area (Å²) in [6, 6.07) is 10.3. The molecule has 0 aliphatic rings. The number of nitrogens with one attached hydrogen (secondary N) is 1. The summed E-state index contributed by atoms with van der Waals surface area (Å²) in [6.45, 7) is 1.90. The second-order valence-electron chi connectivity index (χ2n) is 4.86. The molecular formula is C15H19N3OS. The zero-order chi connectivity index (χ0) is 14.4. The molecule has 4 nitrogen and oxygen atoms in total. The Bertz CT molecular complexity index is 551. The Morgan fingerprint density at radius 1 is 1.40 bits per heavy atom. The molecule has 106 valence electrons. The van der Waals surface area contributed by atoms with E-state index in [0.29, 0.717) is 18.0 Å². The van der Waals surface area contributed by atoms with Crippen molar-refractivity contribution in [2.45, 2.75) is 32.2 Å². The molecule has 0 aliphatic heterocycles. The van der Waals surface area contributed by atoms with E-state index in [4.69, 9.17) is 5.73 Å². The van der Waals surface area contributed by atoms with Gasteiger partial charge >= 0.3 is 0 Å². The monoisotopic (exact) mass is 289 g/mol. The minimum absolute atomic E-state index is 0.0251. The first-order valence-electron chi connectivity index (χ1n) is 6.67. The Morgan fingerprint density at radius 3 is 2.85 bits per heavy atom. The molecule has 0 aliphatic carbocycles. The lowest BCUT2D eigenvalue weighted by Gasteiger charge is -2.04. The van der Waals surface area contributed by atoms with E-state index in [2.05, 4.69) is 22.4 Å². The van der Waals surface area contributed by atoms with Crippen molar-refractivity contribution in [3.05, 3.63) is 47.0 Å². The molecule has 1 amide bonds.